The number of carbonyl (C=O) groups excluding carboxylic acids is 1. The van der Waals surface area contributed by atoms with Gasteiger partial charge in [-0.2, -0.15) is 0 Å². The minimum absolute atomic E-state index is 0.151. The Morgan fingerprint density at radius 2 is 1.78 bits per heavy atom. The molecule has 0 bridgehead atoms. The van der Waals surface area contributed by atoms with Gasteiger partial charge in [0.05, 0.1) is 6.61 Å². The molecule has 3 heteroatoms. The Morgan fingerprint density at radius 3 is 2.22 bits per heavy atom. The number of nitrogens with zero attached hydrogens (tertiary/aromatic N) is 1. The number of rotatable bonds is 4. The topological polar surface area (TPSA) is 29.5 Å². The number of hydrogen-bond donors (Lipinski definition) is 0. The van der Waals surface area contributed by atoms with Gasteiger partial charge in [0.1, 0.15) is 6.54 Å². The molecule has 0 aliphatic carbocycles. The van der Waals surface area contributed by atoms with Crippen LogP contribution in [0.25, 0.3) is 0 Å². The second-order valence-electron chi connectivity index (χ2n) is 5.46. The highest BCUT2D eigenvalue weighted by Gasteiger charge is 2.14. The van der Waals surface area contributed by atoms with Crippen molar-refractivity contribution in [2.75, 3.05) is 25.1 Å². The Hall–Kier alpha value is -1.51. The lowest BCUT2D eigenvalue weighted by Crippen LogP contribution is -2.27. The lowest BCUT2D eigenvalue weighted by molar-refractivity contribution is -0.141. The van der Waals surface area contributed by atoms with Crippen molar-refractivity contribution < 1.29 is 9.53 Å². The highest BCUT2D eigenvalue weighted by molar-refractivity contribution is 5.75. The number of carbonyl (C=O) groups is 1. The number of likely N-dealkylation sites (N-methyl/N-ethyl adjacent to an activating group) is 1. The molecule has 0 amide bonds. The average molecular weight is 249 g/mol. The molecule has 0 heterocycles. The maximum Gasteiger partial charge on any atom is 0.325 e. The van der Waals surface area contributed by atoms with Crippen molar-refractivity contribution in [3.63, 3.8) is 0 Å². The van der Waals surface area contributed by atoms with Gasteiger partial charge in [0, 0.05) is 12.7 Å². The van der Waals surface area contributed by atoms with E-state index in [0.717, 1.165) is 5.69 Å². The predicted molar refractivity (Wildman–Crippen MR) is 75.0 cm³/mol. The molecule has 1 aromatic carbocycles. The van der Waals surface area contributed by atoms with Crippen molar-refractivity contribution in [3.05, 3.63) is 29.8 Å². The van der Waals surface area contributed by atoms with Gasteiger partial charge >= 0.3 is 5.97 Å². The summed E-state index contributed by atoms with van der Waals surface area (Å²) in [6, 6.07) is 8.30. The first-order chi connectivity index (χ1) is 8.34. The average Bonchev–Trinajstić information content (AvgIpc) is 2.28. The van der Waals surface area contributed by atoms with Crippen molar-refractivity contribution >= 4 is 11.7 Å². The Kier molecular flexibility index (Phi) is 4.76. The molecule has 1 rings (SSSR count). The first-order valence-corrected chi connectivity index (χ1v) is 6.32. The van der Waals surface area contributed by atoms with E-state index in [9.17, 15) is 4.79 Å². The van der Waals surface area contributed by atoms with Crippen LogP contribution in [0.4, 0.5) is 5.69 Å². The molecule has 100 valence electrons. The summed E-state index contributed by atoms with van der Waals surface area (Å²) in [5, 5.41) is 0. The van der Waals surface area contributed by atoms with Crippen LogP contribution in [-0.2, 0) is 14.9 Å². The fraction of sp³-hybridized carbons (Fsp3) is 0.533. The third kappa shape index (κ3) is 4.06. The summed E-state index contributed by atoms with van der Waals surface area (Å²) in [5.74, 6) is -0.195. The van der Waals surface area contributed by atoms with E-state index >= 15 is 0 Å². The number of esters is 1. The minimum atomic E-state index is -0.195. The lowest BCUT2D eigenvalue weighted by Gasteiger charge is -2.22. The SMILES string of the molecule is CCOC(=O)CN(C)c1ccc(C(C)(C)C)cc1. The maximum atomic E-state index is 11.4. The summed E-state index contributed by atoms with van der Waals surface area (Å²) in [4.78, 5) is 13.3. The third-order valence-corrected chi connectivity index (χ3v) is 2.85. The standard InChI is InChI=1S/C15H23NO2/c1-6-18-14(17)11-16(5)13-9-7-12(8-10-13)15(2,3)4/h7-10H,6,11H2,1-5H3. The van der Waals surface area contributed by atoms with Crippen molar-refractivity contribution in [2.45, 2.75) is 33.1 Å². The Balaban J connectivity index is 2.70. The van der Waals surface area contributed by atoms with Crippen molar-refractivity contribution in [2.24, 2.45) is 0 Å². The highest BCUT2D eigenvalue weighted by atomic mass is 16.5. The number of benzene rings is 1. The van der Waals surface area contributed by atoms with Gasteiger partial charge in [-0.3, -0.25) is 4.79 Å². The summed E-state index contributed by atoms with van der Waals surface area (Å²) in [6.07, 6.45) is 0. The zero-order valence-corrected chi connectivity index (χ0v) is 12.0. The minimum Gasteiger partial charge on any atom is -0.465 e. The van der Waals surface area contributed by atoms with Crippen molar-refractivity contribution in [3.8, 4) is 0 Å². The monoisotopic (exact) mass is 249 g/mol. The smallest absolute Gasteiger partial charge is 0.325 e. The molecule has 0 aliphatic heterocycles. The highest BCUT2D eigenvalue weighted by Crippen LogP contribution is 2.24. The van der Waals surface area contributed by atoms with Gasteiger partial charge < -0.3 is 9.64 Å². The molecular weight excluding hydrogens is 226 g/mol. The Morgan fingerprint density at radius 1 is 1.22 bits per heavy atom. The first kappa shape index (κ1) is 14.6. The van der Waals surface area contributed by atoms with Crippen LogP contribution in [-0.4, -0.2) is 26.2 Å². The van der Waals surface area contributed by atoms with E-state index in [0.29, 0.717) is 6.61 Å². The largest absolute Gasteiger partial charge is 0.465 e. The number of hydrogen-bond acceptors (Lipinski definition) is 3. The molecule has 18 heavy (non-hydrogen) atoms. The van der Waals surface area contributed by atoms with Crippen LogP contribution in [0.1, 0.15) is 33.3 Å². The van der Waals surface area contributed by atoms with Gasteiger partial charge in [0.15, 0.2) is 0 Å². The first-order valence-electron chi connectivity index (χ1n) is 6.32. The van der Waals surface area contributed by atoms with Crippen LogP contribution in [0.5, 0.6) is 0 Å². The van der Waals surface area contributed by atoms with E-state index < -0.39 is 0 Å². The second-order valence-corrected chi connectivity index (χ2v) is 5.46. The summed E-state index contributed by atoms with van der Waals surface area (Å²) >= 11 is 0. The maximum absolute atomic E-state index is 11.4. The van der Waals surface area contributed by atoms with Crippen LogP contribution < -0.4 is 4.90 Å². The van der Waals surface area contributed by atoms with E-state index in [1.807, 2.05) is 31.0 Å². The molecular formula is C15H23NO2. The molecule has 0 N–H and O–H groups in total. The molecule has 0 aliphatic rings. The Labute approximate surface area is 110 Å². The molecule has 0 unspecified atom stereocenters. The molecule has 0 spiro atoms. The van der Waals surface area contributed by atoms with Gasteiger partial charge in [-0.15, -0.1) is 0 Å². The van der Waals surface area contributed by atoms with Gasteiger partial charge in [0.2, 0.25) is 0 Å². The molecule has 0 radical (unpaired) electrons. The molecule has 0 fully saturated rings. The van der Waals surface area contributed by atoms with Crippen LogP contribution in [0.15, 0.2) is 24.3 Å². The third-order valence-electron chi connectivity index (χ3n) is 2.85. The second kappa shape index (κ2) is 5.89. The van der Waals surface area contributed by atoms with E-state index in [1.165, 1.54) is 5.56 Å². The fourth-order valence-electron chi connectivity index (χ4n) is 1.71. The molecule has 1 aromatic rings. The van der Waals surface area contributed by atoms with Gasteiger partial charge in [-0.25, -0.2) is 0 Å². The van der Waals surface area contributed by atoms with E-state index in [-0.39, 0.29) is 17.9 Å². The molecule has 3 nitrogen and oxygen atoms in total. The Bertz CT molecular complexity index is 390. The van der Waals surface area contributed by atoms with E-state index in [2.05, 4.69) is 32.9 Å². The summed E-state index contributed by atoms with van der Waals surface area (Å²) < 4.78 is 4.93. The van der Waals surface area contributed by atoms with Crippen LogP contribution >= 0.6 is 0 Å². The van der Waals surface area contributed by atoms with E-state index in [4.69, 9.17) is 4.74 Å². The van der Waals surface area contributed by atoms with Gasteiger partial charge in [-0.05, 0) is 30.0 Å². The van der Waals surface area contributed by atoms with Crippen LogP contribution in [0, 0.1) is 0 Å². The molecule has 0 aromatic heterocycles. The number of anilines is 1. The quantitative estimate of drug-likeness (QED) is 0.768. The zero-order chi connectivity index (χ0) is 13.8. The fourth-order valence-corrected chi connectivity index (χ4v) is 1.71. The normalized spacial score (nSPS) is 11.2. The van der Waals surface area contributed by atoms with Crippen LogP contribution in [0.2, 0.25) is 0 Å². The van der Waals surface area contributed by atoms with E-state index in [1.54, 1.807) is 0 Å². The van der Waals surface area contributed by atoms with Gasteiger partial charge in [0.25, 0.3) is 0 Å². The molecule has 0 saturated heterocycles. The predicted octanol–water partition coefficient (Wildman–Crippen LogP) is 2.98. The molecule has 0 saturated carbocycles. The lowest BCUT2D eigenvalue weighted by atomic mass is 9.87. The van der Waals surface area contributed by atoms with Crippen molar-refractivity contribution in [1.29, 1.82) is 0 Å². The van der Waals surface area contributed by atoms with Crippen LogP contribution in [0.3, 0.4) is 0 Å². The van der Waals surface area contributed by atoms with Crippen molar-refractivity contribution in [1.82, 2.24) is 0 Å². The zero-order valence-electron chi connectivity index (χ0n) is 12.0. The summed E-state index contributed by atoms with van der Waals surface area (Å²) in [6.45, 7) is 9.08. The summed E-state index contributed by atoms with van der Waals surface area (Å²) in [7, 11) is 1.89. The van der Waals surface area contributed by atoms with Gasteiger partial charge in [-0.1, -0.05) is 32.9 Å². The molecule has 0 atom stereocenters. The number of ether oxygens (including phenoxy) is 1. The summed E-state index contributed by atoms with van der Waals surface area (Å²) in [5.41, 5.74) is 2.46.